The van der Waals surface area contributed by atoms with Crippen molar-refractivity contribution in [2.24, 2.45) is 7.05 Å². The SMILES string of the molecule is COc1ccc(NC(=O)CNCCc2ncn(C)n2)cc1. The first kappa shape index (κ1) is 15.0. The van der Waals surface area contributed by atoms with Crippen LogP contribution < -0.4 is 15.4 Å². The average molecular weight is 289 g/mol. The zero-order valence-electron chi connectivity index (χ0n) is 12.2. The molecule has 7 heteroatoms. The molecule has 2 rings (SSSR count). The molecule has 0 unspecified atom stereocenters. The van der Waals surface area contributed by atoms with E-state index in [2.05, 4.69) is 20.7 Å². The van der Waals surface area contributed by atoms with Gasteiger partial charge in [-0.3, -0.25) is 9.48 Å². The Hall–Kier alpha value is -2.41. The number of hydrogen-bond acceptors (Lipinski definition) is 5. The number of carbonyl (C=O) groups excluding carboxylic acids is 1. The number of nitrogens with one attached hydrogen (secondary N) is 2. The molecule has 0 atom stereocenters. The molecule has 2 N–H and O–H groups in total. The lowest BCUT2D eigenvalue weighted by atomic mass is 10.3. The summed E-state index contributed by atoms with van der Waals surface area (Å²) in [6.45, 7) is 0.902. The van der Waals surface area contributed by atoms with Gasteiger partial charge in [-0.1, -0.05) is 0 Å². The Morgan fingerprint density at radius 2 is 2.10 bits per heavy atom. The maximum atomic E-state index is 11.7. The molecule has 2 aromatic rings. The highest BCUT2D eigenvalue weighted by atomic mass is 16.5. The van der Waals surface area contributed by atoms with Gasteiger partial charge >= 0.3 is 0 Å². The van der Waals surface area contributed by atoms with Crippen LogP contribution in [-0.4, -0.2) is 40.9 Å². The number of methoxy groups -OCH3 is 1. The molecule has 1 aromatic heterocycles. The van der Waals surface area contributed by atoms with E-state index in [1.165, 1.54) is 0 Å². The van der Waals surface area contributed by atoms with Crippen LogP contribution in [0.3, 0.4) is 0 Å². The Bertz CT molecular complexity index is 579. The Morgan fingerprint density at radius 3 is 2.71 bits per heavy atom. The quantitative estimate of drug-likeness (QED) is 0.729. The Kier molecular flexibility index (Phi) is 5.28. The van der Waals surface area contributed by atoms with Crippen LogP contribution in [0.4, 0.5) is 5.69 Å². The smallest absolute Gasteiger partial charge is 0.238 e. The van der Waals surface area contributed by atoms with Crippen molar-refractivity contribution in [2.45, 2.75) is 6.42 Å². The van der Waals surface area contributed by atoms with Crippen LogP contribution in [0.1, 0.15) is 5.82 Å². The molecule has 0 aliphatic carbocycles. The van der Waals surface area contributed by atoms with Gasteiger partial charge in [-0.25, -0.2) is 4.98 Å². The number of aryl methyl sites for hydroxylation is 1. The van der Waals surface area contributed by atoms with Gasteiger partial charge in [-0.2, -0.15) is 5.10 Å². The first-order chi connectivity index (χ1) is 10.2. The molecule has 0 saturated heterocycles. The van der Waals surface area contributed by atoms with Crippen LogP contribution in [0.5, 0.6) is 5.75 Å². The van der Waals surface area contributed by atoms with Crippen LogP contribution in [0.2, 0.25) is 0 Å². The largest absolute Gasteiger partial charge is 0.497 e. The van der Waals surface area contributed by atoms with Gasteiger partial charge in [0.05, 0.1) is 13.7 Å². The third kappa shape index (κ3) is 4.88. The number of rotatable bonds is 7. The molecule has 112 valence electrons. The zero-order chi connectivity index (χ0) is 15.1. The first-order valence-corrected chi connectivity index (χ1v) is 6.66. The monoisotopic (exact) mass is 289 g/mol. The summed E-state index contributed by atoms with van der Waals surface area (Å²) in [5, 5.41) is 10.0. The number of amides is 1. The molecule has 0 bridgehead atoms. The predicted molar refractivity (Wildman–Crippen MR) is 79.2 cm³/mol. The van der Waals surface area contributed by atoms with Gasteiger partial charge in [-0.05, 0) is 24.3 Å². The van der Waals surface area contributed by atoms with Gasteiger partial charge in [0.1, 0.15) is 12.1 Å². The summed E-state index contributed by atoms with van der Waals surface area (Å²) in [6.07, 6.45) is 2.35. The molecule has 1 aromatic carbocycles. The highest BCUT2D eigenvalue weighted by Gasteiger charge is 2.03. The number of ether oxygens (including phenoxy) is 1. The van der Waals surface area contributed by atoms with Crippen molar-refractivity contribution in [3.8, 4) is 5.75 Å². The third-order valence-corrected chi connectivity index (χ3v) is 2.83. The van der Waals surface area contributed by atoms with Crippen LogP contribution in [0, 0.1) is 0 Å². The topological polar surface area (TPSA) is 81.1 Å². The summed E-state index contributed by atoms with van der Waals surface area (Å²) >= 11 is 0. The summed E-state index contributed by atoms with van der Waals surface area (Å²) in [6, 6.07) is 7.20. The summed E-state index contributed by atoms with van der Waals surface area (Å²) < 4.78 is 6.72. The Balaban J connectivity index is 1.67. The lowest BCUT2D eigenvalue weighted by Crippen LogP contribution is -2.29. The molecule has 0 fully saturated rings. The van der Waals surface area contributed by atoms with E-state index in [-0.39, 0.29) is 12.5 Å². The fraction of sp³-hybridized carbons (Fsp3) is 0.357. The lowest BCUT2D eigenvalue weighted by molar-refractivity contribution is -0.115. The van der Waals surface area contributed by atoms with Crippen molar-refractivity contribution in [1.82, 2.24) is 20.1 Å². The van der Waals surface area contributed by atoms with Crippen molar-refractivity contribution < 1.29 is 9.53 Å². The first-order valence-electron chi connectivity index (χ1n) is 6.66. The van der Waals surface area contributed by atoms with Gasteiger partial charge in [0.15, 0.2) is 5.82 Å². The van der Waals surface area contributed by atoms with Crippen LogP contribution in [0.15, 0.2) is 30.6 Å². The normalized spacial score (nSPS) is 10.4. The van der Waals surface area contributed by atoms with Gasteiger partial charge in [0.25, 0.3) is 0 Å². The second-order valence-corrected chi connectivity index (χ2v) is 4.54. The van der Waals surface area contributed by atoms with E-state index < -0.39 is 0 Å². The predicted octanol–water partition coefficient (Wildman–Crippen LogP) is 0.594. The maximum absolute atomic E-state index is 11.7. The molecule has 0 radical (unpaired) electrons. The zero-order valence-corrected chi connectivity index (χ0v) is 12.2. The molecule has 7 nitrogen and oxygen atoms in total. The molecule has 21 heavy (non-hydrogen) atoms. The third-order valence-electron chi connectivity index (χ3n) is 2.83. The molecule has 1 heterocycles. The highest BCUT2D eigenvalue weighted by molar-refractivity contribution is 5.92. The van der Waals surface area contributed by atoms with Crippen molar-refractivity contribution in [3.63, 3.8) is 0 Å². The summed E-state index contributed by atoms with van der Waals surface area (Å²) in [5.74, 6) is 1.43. The molecular weight excluding hydrogens is 270 g/mol. The number of benzene rings is 1. The lowest BCUT2D eigenvalue weighted by Gasteiger charge is -2.07. The molecule has 0 aliphatic heterocycles. The molecule has 0 spiro atoms. The fourth-order valence-corrected chi connectivity index (χ4v) is 1.78. The van der Waals surface area contributed by atoms with Gasteiger partial charge in [-0.15, -0.1) is 0 Å². The number of carbonyl (C=O) groups is 1. The molecule has 0 saturated carbocycles. The molecular formula is C14H19N5O2. The van der Waals surface area contributed by atoms with Gasteiger partial charge in [0, 0.05) is 25.7 Å². The van der Waals surface area contributed by atoms with Crippen molar-refractivity contribution in [1.29, 1.82) is 0 Å². The van der Waals surface area contributed by atoms with E-state index in [1.54, 1.807) is 42.4 Å². The average Bonchev–Trinajstić information content (AvgIpc) is 2.90. The van der Waals surface area contributed by atoms with E-state index in [0.717, 1.165) is 17.3 Å². The highest BCUT2D eigenvalue weighted by Crippen LogP contribution is 2.14. The van der Waals surface area contributed by atoms with E-state index in [9.17, 15) is 4.79 Å². The van der Waals surface area contributed by atoms with Gasteiger partial charge in [0.2, 0.25) is 5.91 Å². The minimum Gasteiger partial charge on any atom is -0.497 e. The second kappa shape index (κ2) is 7.39. The summed E-state index contributed by atoms with van der Waals surface area (Å²) in [5.41, 5.74) is 0.744. The van der Waals surface area contributed by atoms with E-state index >= 15 is 0 Å². The molecule has 1 amide bonds. The maximum Gasteiger partial charge on any atom is 0.238 e. The Labute approximate surface area is 123 Å². The van der Waals surface area contributed by atoms with Crippen LogP contribution in [0.25, 0.3) is 0 Å². The van der Waals surface area contributed by atoms with Crippen molar-refractivity contribution in [3.05, 3.63) is 36.4 Å². The van der Waals surface area contributed by atoms with Crippen molar-refractivity contribution in [2.75, 3.05) is 25.5 Å². The number of nitrogens with zero attached hydrogens (tertiary/aromatic N) is 3. The van der Waals surface area contributed by atoms with E-state index in [0.29, 0.717) is 13.0 Å². The number of anilines is 1. The minimum absolute atomic E-state index is 0.0888. The summed E-state index contributed by atoms with van der Waals surface area (Å²) in [7, 11) is 3.43. The van der Waals surface area contributed by atoms with Crippen LogP contribution >= 0.6 is 0 Å². The molecule has 0 aliphatic rings. The van der Waals surface area contributed by atoms with E-state index in [4.69, 9.17) is 4.74 Å². The van der Waals surface area contributed by atoms with Crippen molar-refractivity contribution >= 4 is 11.6 Å². The second-order valence-electron chi connectivity index (χ2n) is 4.54. The minimum atomic E-state index is -0.0888. The standard InChI is InChI=1S/C14H19N5O2/c1-19-10-16-13(18-19)7-8-15-9-14(20)17-11-3-5-12(21-2)6-4-11/h3-6,10,15H,7-9H2,1-2H3,(H,17,20). The fourth-order valence-electron chi connectivity index (χ4n) is 1.78. The number of aromatic nitrogens is 3. The van der Waals surface area contributed by atoms with Crippen LogP contribution in [-0.2, 0) is 18.3 Å². The van der Waals surface area contributed by atoms with E-state index in [1.807, 2.05) is 7.05 Å². The number of hydrogen-bond donors (Lipinski definition) is 2. The van der Waals surface area contributed by atoms with Gasteiger partial charge < -0.3 is 15.4 Å². The summed E-state index contributed by atoms with van der Waals surface area (Å²) in [4.78, 5) is 15.9. The Morgan fingerprint density at radius 1 is 1.33 bits per heavy atom.